The van der Waals surface area contributed by atoms with E-state index in [0.717, 1.165) is 43.3 Å². The molecule has 1 amide bonds. The predicted molar refractivity (Wildman–Crippen MR) is 81.5 cm³/mol. The second-order valence-corrected chi connectivity index (χ2v) is 5.76. The molecule has 7 nitrogen and oxygen atoms in total. The molecule has 7 heteroatoms. The summed E-state index contributed by atoms with van der Waals surface area (Å²) in [5.41, 5.74) is 0.893. The van der Waals surface area contributed by atoms with E-state index >= 15 is 0 Å². The molecule has 0 spiro atoms. The summed E-state index contributed by atoms with van der Waals surface area (Å²) >= 11 is 0. The summed E-state index contributed by atoms with van der Waals surface area (Å²) in [5.74, 6) is 1.92. The van der Waals surface area contributed by atoms with Crippen LogP contribution in [0.2, 0.25) is 0 Å². The Bertz CT molecular complexity index is 626. The van der Waals surface area contributed by atoms with Crippen LogP contribution in [0, 0.1) is 6.92 Å². The fraction of sp³-hybridized carbons (Fsp3) is 0.533. The van der Waals surface area contributed by atoms with Crippen molar-refractivity contribution >= 4 is 11.7 Å². The number of nitrogens with zero attached hydrogens (tertiary/aromatic N) is 4. The number of nitrogens with one attached hydrogen (secondary N) is 1. The maximum Gasteiger partial charge on any atom is 0.239 e. The van der Waals surface area contributed by atoms with Crippen molar-refractivity contribution in [3.63, 3.8) is 0 Å². The molecule has 0 saturated carbocycles. The smallest absolute Gasteiger partial charge is 0.239 e. The van der Waals surface area contributed by atoms with Gasteiger partial charge in [-0.15, -0.1) is 0 Å². The molecule has 1 fully saturated rings. The molecule has 1 N–H and O–H groups in total. The van der Waals surface area contributed by atoms with Crippen LogP contribution in [0.5, 0.6) is 0 Å². The zero-order valence-corrected chi connectivity index (χ0v) is 13.0. The minimum absolute atomic E-state index is 0.00225. The number of anilines is 1. The van der Waals surface area contributed by atoms with E-state index in [1.54, 1.807) is 17.1 Å². The summed E-state index contributed by atoms with van der Waals surface area (Å²) in [7, 11) is 1.82. The summed E-state index contributed by atoms with van der Waals surface area (Å²) in [6, 6.07) is 1.87. The highest BCUT2D eigenvalue weighted by molar-refractivity contribution is 5.91. The Balaban J connectivity index is 1.48. The van der Waals surface area contributed by atoms with E-state index in [-0.39, 0.29) is 5.91 Å². The number of carbonyl (C=O) groups excluding carboxylic acids is 1. The second kappa shape index (κ2) is 6.31. The molecule has 118 valence electrons. The van der Waals surface area contributed by atoms with E-state index in [4.69, 9.17) is 4.42 Å². The maximum atomic E-state index is 12.1. The van der Waals surface area contributed by atoms with E-state index in [1.807, 2.05) is 20.0 Å². The zero-order chi connectivity index (χ0) is 15.5. The lowest BCUT2D eigenvalue weighted by atomic mass is 9.97. The Kier molecular flexibility index (Phi) is 4.24. The van der Waals surface area contributed by atoms with Gasteiger partial charge in [0.25, 0.3) is 0 Å². The van der Waals surface area contributed by atoms with Gasteiger partial charge in [0.2, 0.25) is 5.91 Å². The second-order valence-electron chi connectivity index (χ2n) is 5.76. The van der Waals surface area contributed by atoms with Crippen molar-refractivity contribution in [2.75, 3.05) is 25.0 Å². The fourth-order valence-electron chi connectivity index (χ4n) is 2.89. The molecule has 3 rings (SSSR count). The summed E-state index contributed by atoms with van der Waals surface area (Å²) < 4.78 is 7.05. The third-order valence-corrected chi connectivity index (χ3v) is 4.02. The van der Waals surface area contributed by atoms with Crippen molar-refractivity contribution in [2.24, 2.45) is 7.05 Å². The first-order valence-electron chi connectivity index (χ1n) is 7.54. The summed E-state index contributed by atoms with van der Waals surface area (Å²) in [4.78, 5) is 18.5. The van der Waals surface area contributed by atoms with Crippen LogP contribution < -0.4 is 5.32 Å². The number of rotatable bonds is 4. The highest BCUT2D eigenvalue weighted by Gasteiger charge is 2.24. The van der Waals surface area contributed by atoms with Gasteiger partial charge in [0, 0.05) is 19.0 Å². The summed E-state index contributed by atoms with van der Waals surface area (Å²) in [6.45, 7) is 4.07. The standard InChI is InChI=1S/C15H21N5O2/c1-11-9-13(19(2)18-11)17-14(21)10-20-6-3-12(4-7-20)15-16-5-8-22-15/h5,8-9,12H,3-4,6-7,10H2,1-2H3,(H,17,21). The van der Waals surface area contributed by atoms with Crippen LogP contribution in [0.4, 0.5) is 5.82 Å². The molecule has 0 radical (unpaired) electrons. The number of aromatic nitrogens is 3. The molecule has 0 atom stereocenters. The Labute approximate surface area is 129 Å². The molecule has 3 heterocycles. The van der Waals surface area contributed by atoms with Crippen molar-refractivity contribution in [2.45, 2.75) is 25.7 Å². The summed E-state index contributed by atoms with van der Waals surface area (Å²) in [6.07, 6.45) is 5.24. The zero-order valence-electron chi connectivity index (χ0n) is 13.0. The average molecular weight is 303 g/mol. The SMILES string of the molecule is Cc1cc(NC(=O)CN2CCC(c3ncco3)CC2)n(C)n1. The molecule has 0 aliphatic carbocycles. The highest BCUT2D eigenvalue weighted by atomic mass is 16.3. The predicted octanol–water partition coefficient (Wildman–Crippen LogP) is 1.53. The number of amides is 1. The van der Waals surface area contributed by atoms with Gasteiger partial charge in [0.05, 0.1) is 18.4 Å². The van der Waals surface area contributed by atoms with Crippen LogP contribution in [0.25, 0.3) is 0 Å². The number of hydrogen-bond acceptors (Lipinski definition) is 5. The minimum Gasteiger partial charge on any atom is -0.449 e. The van der Waals surface area contributed by atoms with Gasteiger partial charge in [-0.05, 0) is 32.9 Å². The topological polar surface area (TPSA) is 76.2 Å². The molecule has 1 aliphatic rings. The first kappa shape index (κ1) is 14.8. The Morgan fingerprint density at radius 2 is 2.23 bits per heavy atom. The fourth-order valence-corrected chi connectivity index (χ4v) is 2.89. The summed E-state index contributed by atoms with van der Waals surface area (Å²) in [5, 5.41) is 7.13. The van der Waals surface area contributed by atoms with Crippen molar-refractivity contribution in [1.82, 2.24) is 19.7 Å². The van der Waals surface area contributed by atoms with E-state index in [2.05, 4.69) is 20.3 Å². The van der Waals surface area contributed by atoms with Gasteiger partial charge in [-0.3, -0.25) is 14.4 Å². The van der Waals surface area contributed by atoms with Gasteiger partial charge in [0.15, 0.2) is 5.89 Å². The molecular formula is C15H21N5O2. The molecular weight excluding hydrogens is 282 g/mol. The van der Waals surface area contributed by atoms with Gasteiger partial charge in [-0.25, -0.2) is 4.98 Å². The van der Waals surface area contributed by atoms with Gasteiger partial charge >= 0.3 is 0 Å². The van der Waals surface area contributed by atoms with Crippen molar-refractivity contribution in [1.29, 1.82) is 0 Å². The molecule has 1 saturated heterocycles. The Hall–Kier alpha value is -2.15. The maximum absolute atomic E-state index is 12.1. The van der Waals surface area contributed by atoms with Gasteiger partial charge < -0.3 is 9.73 Å². The molecule has 0 unspecified atom stereocenters. The number of carbonyl (C=O) groups is 1. The van der Waals surface area contributed by atoms with Gasteiger partial charge in [-0.2, -0.15) is 5.10 Å². The number of hydrogen-bond donors (Lipinski definition) is 1. The van der Waals surface area contributed by atoms with Crippen LogP contribution in [0.1, 0.15) is 30.3 Å². The van der Waals surface area contributed by atoms with E-state index in [0.29, 0.717) is 12.5 Å². The first-order chi connectivity index (χ1) is 10.6. The lowest BCUT2D eigenvalue weighted by molar-refractivity contribution is -0.117. The third kappa shape index (κ3) is 3.36. The van der Waals surface area contributed by atoms with Crippen LogP contribution >= 0.6 is 0 Å². The van der Waals surface area contributed by atoms with E-state index in [1.165, 1.54) is 0 Å². The lowest BCUT2D eigenvalue weighted by Crippen LogP contribution is -2.39. The monoisotopic (exact) mass is 303 g/mol. The Morgan fingerprint density at radius 1 is 1.45 bits per heavy atom. The number of piperidine rings is 1. The molecule has 22 heavy (non-hydrogen) atoms. The van der Waals surface area contributed by atoms with E-state index < -0.39 is 0 Å². The highest BCUT2D eigenvalue weighted by Crippen LogP contribution is 2.26. The number of aryl methyl sites for hydroxylation is 2. The van der Waals surface area contributed by atoms with Crippen molar-refractivity contribution < 1.29 is 9.21 Å². The molecule has 2 aromatic heterocycles. The molecule has 2 aromatic rings. The minimum atomic E-state index is -0.00225. The van der Waals surface area contributed by atoms with Crippen LogP contribution in [0.15, 0.2) is 22.9 Å². The van der Waals surface area contributed by atoms with E-state index in [9.17, 15) is 4.79 Å². The Morgan fingerprint density at radius 3 is 2.82 bits per heavy atom. The average Bonchev–Trinajstić information content (AvgIpc) is 3.10. The van der Waals surface area contributed by atoms with Crippen LogP contribution in [0.3, 0.4) is 0 Å². The number of oxazole rings is 1. The van der Waals surface area contributed by atoms with Gasteiger partial charge in [0.1, 0.15) is 12.1 Å². The third-order valence-electron chi connectivity index (χ3n) is 4.02. The van der Waals surface area contributed by atoms with Crippen LogP contribution in [-0.4, -0.2) is 45.2 Å². The largest absolute Gasteiger partial charge is 0.449 e. The molecule has 0 aromatic carbocycles. The molecule has 0 bridgehead atoms. The van der Waals surface area contributed by atoms with Crippen molar-refractivity contribution in [3.05, 3.63) is 30.1 Å². The quantitative estimate of drug-likeness (QED) is 0.927. The van der Waals surface area contributed by atoms with Crippen LogP contribution in [-0.2, 0) is 11.8 Å². The number of likely N-dealkylation sites (tertiary alicyclic amines) is 1. The van der Waals surface area contributed by atoms with Crippen molar-refractivity contribution in [3.8, 4) is 0 Å². The van der Waals surface area contributed by atoms with Gasteiger partial charge in [-0.1, -0.05) is 0 Å². The normalized spacial score (nSPS) is 16.8. The first-order valence-corrected chi connectivity index (χ1v) is 7.54. The molecule has 1 aliphatic heterocycles. The lowest BCUT2D eigenvalue weighted by Gasteiger charge is -2.29.